The van der Waals surface area contributed by atoms with Gasteiger partial charge in [-0.3, -0.25) is 14.9 Å². The Kier molecular flexibility index (Phi) is 7.27. The molecule has 0 bridgehead atoms. The molecule has 0 radical (unpaired) electrons. The average molecular weight is 401 g/mol. The quantitative estimate of drug-likeness (QED) is 0.352. The number of hydrogen-bond donors (Lipinski definition) is 3. The Morgan fingerprint density at radius 1 is 1.17 bits per heavy atom. The summed E-state index contributed by atoms with van der Waals surface area (Å²) in [6, 6.07) is 9.17. The summed E-state index contributed by atoms with van der Waals surface area (Å²) >= 11 is 0. The Hall–Kier alpha value is -3.46. The number of nitrogens with zero attached hydrogens (tertiary/aromatic N) is 1. The zero-order chi connectivity index (χ0) is 21.6. The molecule has 2 rings (SSSR count). The number of carbonyl (C=O) groups excluding carboxylic acids is 2. The number of aliphatic hydroxyl groups is 1. The van der Waals surface area contributed by atoms with E-state index in [-0.39, 0.29) is 30.1 Å². The summed E-state index contributed by atoms with van der Waals surface area (Å²) in [5, 5.41) is 25.5. The highest BCUT2D eigenvalue weighted by Gasteiger charge is 2.23. The molecule has 9 nitrogen and oxygen atoms in total. The number of anilines is 2. The second-order valence-corrected chi connectivity index (χ2v) is 6.49. The third-order valence-electron chi connectivity index (χ3n) is 4.15. The highest BCUT2D eigenvalue weighted by atomic mass is 16.6. The van der Waals surface area contributed by atoms with Crippen molar-refractivity contribution in [2.75, 3.05) is 23.8 Å². The first-order chi connectivity index (χ1) is 13.7. The van der Waals surface area contributed by atoms with Gasteiger partial charge in [-0.25, -0.2) is 4.79 Å². The molecule has 2 aromatic carbocycles. The Bertz CT molecular complexity index is 928. The number of rotatable bonds is 8. The van der Waals surface area contributed by atoms with Crippen LogP contribution < -0.4 is 10.6 Å². The number of aliphatic hydroxyl groups excluding tert-OH is 1. The molecule has 0 aliphatic heterocycles. The third kappa shape index (κ3) is 5.76. The number of aryl methyl sites for hydroxylation is 2. The highest BCUT2D eigenvalue weighted by molar-refractivity contribution is 6.00. The molecule has 0 aliphatic rings. The van der Waals surface area contributed by atoms with Crippen molar-refractivity contribution in [3.05, 3.63) is 63.2 Å². The Labute approximate surface area is 167 Å². The summed E-state index contributed by atoms with van der Waals surface area (Å²) in [5.74, 6) is -1.42. The van der Waals surface area contributed by atoms with Gasteiger partial charge >= 0.3 is 5.97 Å². The van der Waals surface area contributed by atoms with E-state index in [2.05, 4.69) is 10.6 Å². The van der Waals surface area contributed by atoms with Crippen LogP contribution >= 0.6 is 0 Å². The topological polar surface area (TPSA) is 131 Å². The van der Waals surface area contributed by atoms with Gasteiger partial charge in [0.1, 0.15) is 0 Å². The van der Waals surface area contributed by atoms with Gasteiger partial charge in [-0.05, 0) is 38.5 Å². The Balaban J connectivity index is 2.15. The van der Waals surface area contributed by atoms with Crippen molar-refractivity contribution in [3.8, 4) is 0 Å². The van der Waals surface area contributed by atoms with Crippen molar-refractivity contribution in [3.63, 3.8) is 0 Å². The van der Waals surface area contributed by atoms with Crippen LogP contribution in [-0.2, 0) is 9.53 Å². The second-order valence-electron chi connectivity index (χ2n) is 6.49. The number of esters is 1. The monoisotopic (exact) mass is 401 g/mol. The number of ether oxygens (including phenoxy) is 1. The van der Waals surface area contributed by atoms with Crippen LogP contribution in [0.4, 0.5) is 17.1 Å². The number of carbonyl (C=O) groups is 2. The maximum Gasteiger partial charge on any atom is 0.341 e. The fourth-order valence-corrected chi connectivity index (χ4v) is 2.63. The van der Waals surface area contributed by atoms with Crippen LogP contribution in [0, 0.1) is 24.0 Å². The maximum atomic E-state index is 12.6. The van der Waals surface area contributed by atoms with Crippen molar-refractivity contribution in [2.24, 2.45) is 0 Å². The average Bonchev–Trinajstić information content (AvgIpc) is 2.68. The lowest BCUT2D eigenvalue weighted by Crippen LogP contribution is -2.30. The van der Waals surface area contributed by atoms with E-state index in [4.69, 9.17) is 9.84 Å². The van der Waals surface area contributed by atoms with Gasteiger partial charge in [0.05, 0.1) is 17.1 Å². The summed E-state index contributed by atoms with van der Waals surface area (Å²) in [4.78, 5) is 35.3. The lowest BCUT2D eigenvalue weighted by atomic mass is 10.1. The van der Waals surface area contributed by atoms with E-state index in [0.717, 1.165) is 17.2 Å². The summed E-state index contributed by atoms with van der Waals surface area (Å²) in [5.41, 5.74) is 2.39. The van der Waals surface area contributed by atoms with Gasteiger partial charge in [0.25, 0.3) is 11.6 Å². The van der Waals surface area contributed by atoms with Crippen LogP contribution in [0.5, 0.6) is 0 Å². The third-order valence-corrected chi connectivity index (χ3v) is 4.15. The van der Waals surface area contributed by atoms with E-state index in [1.807, 2.05) is 26.0 Å². The van der Waals surface area contributed by atoms with Crippen LogP contribution in [0.3, 0.4) is 0 Å². The van der Waals surface area contributed by atoms with Gasteiger partial charge in [0.15, 0.2) is 6.10 Å². The minimum Gasteiger partial charge on any atom is -0.449 e. The van der Waals surface area contributed by atoms with Crippen molar-refractivity contribution in [2.45, 2.75) is 26.9 Å². The first kappa shape index (κ1) is 21.8. The lowest BCUT2D eigenvalue weighted by Gasteiger charge is -2.16. The molecule has 0 fully saturated rings. The normalized spacial score (nSPS) is 11.4. The zero-order valence-electron chi connectivity index (χ0n) is 16.4. The molecule has 29 heavy (non-hydrogen) atoms. The van der Waals surface area contributed by atoms with Gasteiger partial charge < -0.3 is 20.5 Å². The van der Waals surface area contributed by atoms with Crippen molar-refractivity contribution < 1.29 is 24.4 Å². The van der Waals surface area contributed by atoms with Gasteiger partial charge in [0, 0.05) is 30.1 Å². The van der Waals surface area contributed by atoms with Crippen molar-refractivity contribution in [1.29, 1.82) is 0 Å². The molecule has 0 aromatic heterocycles. The molecule has 1 atom stereocenters. The van der Waals surface area contributed by atoms with Crippen LogP contribution in [0.2, 0.25) is 0 Å². The van der Waals surface area contributed by atoms with Gasteiger partial charge in [-0.15, -0.1) is 0 Å². The van der Waals surface area contributed by atoms with Gasteiger partial charge in [-0.1, -0.05) is 17.7 Å². The smallest absolute Gasteiger partial charge is 0.341 e. The fraction of sp³-hybridized carbons (Fsp3) is 0.300. The number of amides is 1. The number of nitro benzene ring substituents is 1. The lowest BCUT2D eigenvalue weighted by molar-refractivity contribution is -0.384. The number of benzene rings is 2. The van der Waals surface area contributed by atoms with Crippen molar-refractivity contribution in [1.82, 2.24) is 0 Å². The largest absolute Gasteiger partial charge is 0.449 e. The van der Waals surface area contributed by atoms with E-state index in [9.17, 15) is 19.7 Å². The first-order valence-electron chi connectivity index (χ1n) is 8.95. The van der Waals surface area contributed by atoms with Gasteiger partial charge in [0.2, 0.25) is 0 Å². The molecule has 1 amide bonds. The van der Waals surface area contributed by atoms with Crippen LogP contribution in [0.1, 0.15) is 28.4 Å². The second kappa shape index (κ2) is 9.65. The fourth-order valence-electron chi connectivity index (χ4n) is 2.63. The summed E-state index contributed by atoms with van der Waals surface area (Å²) in [7, 11) is 0. The van der Waals surface area contributed by atoms with Crippen molar-refractivity contribution >= 4 is 28.9 Å². The molecule has 0 aliphatic carbocycles. The number of non-ortho nitro benzene ring substituents is 1. The Morgan fingerprint density at radius 2 is 1.86 bits per heavy atom. The Morgan fingerprint density at radius 3 is 2.48 bits per heavy atom. The molecule has 0 unspecified atom stereocenters. The van der Waals surface area contributed by atoms with E-state index in [0.29, 0.717) is 5.69 Å². The summed E-state index contributed by atoms with van der Waals surface area (Å²) < 4.78 is 5.21. The molecular weight excluding hydrogens is 378 g/mol. The number of nitro groups is 1. The minimum absolute atomic E-state index is 0.0983. The van der Waals surface area contributed by atoms with E-state index in [1.165, 1.54) is 19.1 Å². The van der Waals surface area contributed by atoms with Crippen LogP contribution in [-0.4, -0.2) is 41.2 Å². The predicted octanol–water partition coefficient (Wildman–Crippen LogP) is 2.80. The number of hydrogen-bond acceptors (Lipinski definition) is 7. The SMILES string of the molecule is Cc1ccc(NC(=O)[C@@H](C)OC(=O)c2cc([N+](=O)[O-])ccc2NCCO)c(C)c1. The van der Waals surface area contributed by atoms with Gasteiger partial charge in [-0.2, -0.15) is 0 Å². The van der Waals surface area contributed by atoms with Crippen LogP contribution in [0.15, 0.2) is 36.4 Å². The summed E-state index contributed by atoms with van der Waals surface area (Å²) in [6.45, 7) is 5.14. The minimum atomic E-state index is -1.13. The van der Waals surface area contributed by atoms with Crippen LogP contribution in [0.25, 0.3) is 0 Å². The van der Waals surface area contributed by atoms with E-state index in [1.54, 1.807) is 6.07 Å². The first-order valence-corrected chi connectivity index (χ1v) is 8.95. The van der Waals surface area contributed by atoms with E-state index < -0.39 is 22.9 Å². The molecule has 3 N–H and O–H groups in total. The highest BCUT2D eigenvalue weighted by Crippen LogP contribution is 2.24. The number of nitrogens with one attached hydrogen (secondary N) is 2. The standard InChI is InChI=1S/C20H23N3O6/c1-12-4-6-17(13(2)10-12)22-19(25)14(3)29-20(26)16-11-15(23(27)28)5-7-18(16)21-8-9-24/h4-7,10-11,14,21,24H,8-9H2,1-3H3,(H,22,25)/t14-/m1/s1. The molecule has 0 saturated carbocycles. The molecule has 154 valence electrons. The molecule has 9 heteroatoms. The molecule has 0 saturated heterocycles. The molecule has 2 aromatic rings. The molecule has 0 spiro atoms. The summed E-state index contributed by atoms with van der Waals surface area (Å²) in [6.07, 6.45) is -1.13. The zero-order valence-corrected chi connectivity index (χ0v) is 16.4. The van der Waals surface area contributed by atoms with E-state index >= 15 is 0 Å². The maximum absolute atomic E-state index is 12.6. The molecule has 0 heterocycles. The predicted molar refractivity (Wildman–Crippen MR) is 108 cm³/mol. The molecular formula is C20H23N3O6.